The van der Waals surface area contributed by atoms with E-state index >= 15 is 0 Å². The smallest absolute Gasteiger partial charge is 0.412 e. The highest BCUT2D eigenvalue weighted by Crippen LogP contribution is 2.29. The van der Waals surface area contributed by atoms with Crippen LogP contribution in [0.1, 0.15) is 50.4 Å². The zero-order valence-electron chi connectivity index (χ0n) is 16.3. The average Bonchev–Trinajstić information content (AvgIpc) is 2.61. The van der Waals surface area contributed by atoms with Gasteiger partial charge in [0.25, 0.3) is 0 Å². The summed E-state index contributed by atoms with van der Waals surface area (Å²) in [5.74, 6) is 0.791. The Morgan fingerprint density at radius 1 is 1.15 bits per heavy atom. The van der Waals surface area contributed by atoms with E-state index in [0.29, 0.717) is 5.69 Å². The highest BCUT2D eigenvalue weighted by atomic mass is 16.6. The second kappa shape index (κ2) is 7.31. The maximum Gasteiger partial charge on any atom is 0.412 e. The molecule has 1 amide bonds. The molecule has 1 aliphatic heterocycles. The number of rotatable bonds is 3. The van der Waals surface area contributed by atoms with Gasteiger partial charge in [0.2, 0.25) is 0 Å². The summed E-state index contributed by atoms with van der Waals surface area (Å²) in [6.45, 7) is 7.56. The molecule has 2 aromatic carbocycles. The van der Waals surface area contributed by atoms with Crippen LogP contribution in [0.5, 0.6) is 5.75 Å². The van der Waals surface area contributed by atoms with Crippen molar-refractivity contribution in [1.29, 1.82) is 0 Å². The molecular weight excluding hydrogens is 342 g/mol. The molecule has 27 heavy (non-hydrogen) atoms. The molecule has 0 radical (unpaired) electrons. The van der Waals surface area contributed by atoms with Crippen molar-refractivity contribution in [1.82, 2.24) is 5.43 Å². The van der Waals surface area contributed by atoms with Crippen molar-refractivity contribution in [2.75, 3.05) is 12.4 Å². The third-order valence-electron chi connectivity index (χ3n) is 4.16. The molecule has 1 heterocycles. The van der Waals surface area contributed by atoms with Crippen molar-refractivity contribution in [2.24, 2.45) is 5.10 Å². The summed E-state index contributed by atoms with van der Waals surface area (Å²) in [5, 5.41) is 7.27. The minimum absolute atomic E-state index is 0.128. The third-order valence-corrected chi connectivity index (χ3v) is 4.16. The molecule has 1 unspecified atom stereocenters. The van der Waals surface area contributed by atoms with Crippen LogP contribution in [0, 0.1) is 0 Å². The second-order valence-electron chi connectivity index (χ2n) is 7.47. The van der Waals surface area contributed by atoms with E-state index in [-0.39, 0.29) is 6.04 Å². The lowest BCUT2D eigenvalue weighted by molar-refractivity contribution is 0.0636. The quantitative estimate of drug-likeness (QED) is 0.840. The number of methoxy groups -OCH3 is 1. The number of nitrogens with zero attached hydrogens (tertiary/aromatic N) is 1. The van der Waals surface area contributed by atoms with Crippen LogP contribution in [-0.4, -0.2) is 24.5 Å². The fraction of sp³-hybridized carbons (Fsp3) is 0.333. The Labute approximate surface area is 159 Å². The molecule has 0 saturated heterocycles. The minimum Gasteiger partial charge on any atom is -0.497 e. The number of benzene rings is 2. The first-order valence-electron chi connectivity index (χ1n) is 8.89. The van der Waals surface area contributed by atoms with Gasteiger partial charge in [-0.1, -0.05) is 18.2 Å². The van der Waals surface area contributed by atoms with Crippen LogP contribution in [0.25, 0.3) is 0 Å². The van der Waals surface area contributed by atoms with E-state index in [1.54, 1.807) is 7.11 Å². The number of carbonyl (C=O) groups is 1. The Bertz CT molecular complexity index is 867. The van der Waals surface area contributed by atoms with Crippen LogP contribution in [-0.2, 0) is 4.74 Å². The highest BCUT2D eigenvalue weighted by Gasteiger charge is 2.22. The maximum absolute atomic E-state index is 11.9. The number of anilines is 1. The van der Waals surface area contributed by atoms with Gasteiger partial charge >= 0.3 is 6.09 Å². The fourth-order valence-corrected chi connectivity index (χ4v) is 2.89. The van der Waals surface area contributed by atoms with Gasteiger partial charge in [0.1, 0.15) is 11.4 Å². The molecule has 142 valence electrons. The summed E-state index contributed by atoms with van der Waals surface area (Å²) in [6.07, 6.45) is -0.476. The molecule has 6 heteroatoms. The van der Waals surface area contributed by atoms with Crippen molar-refractivity contribution in [2.45, 2.75) is 39.3 Å². The van der Waals surface area contributed by atoms with Gasteiger partial charge in [-0.3, -0.25) is 5.32 Å². The van der Waals surface area contributed by atoms with Gasteiger partial charge in [0.05, 0.1) is 18.9 Å². The van der Waals surface area contributed by atoms with E-state index in [1.165, 1.54) is 0 Å². The molecule has 0 aromatic heterocycles. The molecule has 2 aromatic rings. The van der Waals surface area contributed by atoms with Crippen LogP contribution in [0.3, 0.4) is 0 Å². The molecule has 0 spiro atoms. The number of carbonyl (C=O) groups excluding carboxylic acids is 1. The average molecular weight is 367 g/mol. The van der Waals surface area contributed by atoms with Gasteiger partial charge in [-0.2, -0.15) is 5.10 Å². The number of fused-ring (bicyclic) bond motifs is 1. The maximum atomic E-state index is 11.9. The predicted octanol–water partition coefficient (Wildman–Crippen LogP) is 4.46. The van der Waals surface area contributed by atoms with Crippen LogP contribution in [0.15, 0.2) is 47.6 Å². The largest absolute Gasteiger partial charge is 0.497 e. The van der Waals surface area contributed by atoms with Crippen molar-refractivity contribution in [3.05, 3.63) is 59.2 Å². The number of amides is 1. The summed E-state index contributed by atoms with van der Waals surface area (Å²) in [5.41, 5.74) is 7.26. The first kappa shape index (κ1) is 18.8. The monoisotopic (exact) mass is 367 g/mol. The van der Waals surface area contributed by atoms with Crippen LogP contribution in [0.2, 0.25) is 0 Å². The zero-order chi connectivity index (χ0) is 19.6. The Balaban J connectivity index is 1.83. The topological polar surface area (TPSA) is 72.0 Å². The fourth-order valence-electron chi connectivity index (χ4n) is 2.89. The molecule has 1 aliphatic rings. The lowest BCUT2D eigenvalue weighted by atomic mass is 9.92. The van der Waals surface area contributed by atoms with Crippen molar-refractivity contribution < 1.29 is 14.3 Å². The molecule has 0 aliphatic carbocycles. The number of hydrogen-bond acceptors (Lipinski definition) is 5. The summed E-state index contributed by atoms with van der Waals surface area (Å²) in [4.78, 5) is 11.9. The van der Waals surface area contributed by atoms with E-state index < -0.39 is 11.7 Å². The van der Waals surface area contributed by atoms with Gasteiger partial charge in [-0.25, -0.2) is 4.79 Å². The molecule has 2 N–H and O–H groups in total. The van der Waals surface area contributed by atoms with E-state index in [9.17, 15) is 4.79 Å². The van der Waals surface area contributed by atoms with Gasteiger partial charge in [0, 0.05) is 16.8 Å². The van der Waals surface area contributed by atoms with E-state index in [0.717, 1.165) is 28.2 Å². The van der Waals surface area contributed by atoms with Crippen molar-refractivity contribution in [3.63, 3.8) is 0 Å². The van der Waals surface area contributed by atoms with Crippen molar-refractivity contribution >= 4 is 17.5 Å². The standard InChI is InChI=1S/C21H25N3O3/c1-13-17-11-10-16(26-5)12-18(17)19(24-23-13)14-6-8-15(9-7-14)22-20(25)27-21(2,3)4/h6-13,23H,1-5H3,(H,22,25). The lowest BCUT2D eigenvalue weighted by Gasteiger charge is -2.24. The second-order valence-corrected chi connectivity index (χ2v) is 7.47. The number of nitrogens with one attached hydrogen (secondary N) is 2. The first-order chi connectivity index (χ1) is 12.8. The predicted molar refractivity (Wildman–Crippen MR) is 106 cm³/mol. The van der Waals surface area contributed by atoms with E-state index in [2.05, 4.69) is 28.8 Å². The van der Waals surface area contributed by atoms with Crippen molar-refractivity contribution in [3.8, 4) is 5.75 Å². The molecular formula is C21H25N3O3. The van der Waals surface area contributed by atoms with Crippen LogP contribution in [0.4, 0.5) is 10.5 Å². The Kier molecular flexibility index (Phi) is 5.08. The molecule has 0 fully saturated rings. The Hall–Kier alpha value is -3.02. The normalized spacial score (nSPS) is 15.9. The summed E-state index contributed by atoms with van der Waals surface area (Å²) >= 11 is 0. The molecule has 0 saturated carbocycles. The molecule has 1 atom stereocenters. The molecule has 6 nitrogen and oxygen atoms in total. The van der Waals surface area contributed by atoms with E-state index in [1.807, 2.05) is 57.2 Å². The highest BCUT2D eigenvalue weighted by molar-refractivity contribution is 6.14. The SMILES string of the molecule is COc1ccc2c(c1)C(c1ccc(NC(=O)OC(C)(C)C)cc1)=NNC2C. The number of ether oxygens (including phenoxy) is 2. The molecule has 0 bridgehead atoms. The molecule has 3 rings (SSSR count). The summed E-state index contributed by atoms with van der Waals surface area (Å²) in [7, 11) is 1.65. The Morgan fingerprint density at radius 3 is 2.48 bits per heavy atom. The lowest BCUT2D eigenvalue weighted by Crippen LogP contribution is -2.27. The van der Waals surface area contributed by atoms with E-state index in [4.69, 9.17) is 9.47 Å². The first-order valence-corrected chi connectivity index (χ1v) is 8.89. The zero-order valence-corrected chi connectivity index (χ0v) is 16.3. The summed E-state index contributed by atoms with van der Waals surface area (Å²) in [6, 6.07) is 13.6. The number of hydrazone groups is 1. The van der Waals surface area contributed by atoms with Gasteiger partial charge < -0.3 is 14.9 Å². The van der Waals surface area contributed by atoms with Crippen LogP contribution >= 0.6 is 0 Å². The summed E-state index contributed by atoms with van der Waals surface area (Å²) < 4.78 is 10.6. The minimum atomic E-state index is -0.536. The van der Waals surface area contributed by atoms with Gasteiger partial charge in [-0.05, 0) is 57.5 Å². The number of hydrogen-bond donors (Lipinski definition) is 2. The van der Waals surface area contributed by atoms with Gasteiger partial charge in [-0.15, -0.1) is 0 Å². The van der Waals surface area contributed by atoms with Crippen LogP contribution < -0.4 is 15.5 Å². The Morgan fingerprint density at radius 2 is 1.85 bits per heavy atom. The van der Waals surface area contributed by atoms with Gasteiger partial charge in [0.15, 0.2) is 0 Å². The third kappa shape index (κ3) is 4.39.